The lowest BCUT2D eigenvalue weighted by Gasteiger charge is -2.17. The molecular formula is C16H19NO4. The molecule has 1 unspecified atom stereocenters. The number of carboxylic acids is 1. The molecule has 0 aromatic heterocycles. The summed E-state index contributed by atoms with van der Waals surface area (Å²) in [6.45, 7) is 3.16. The molecule has 1 aliphatic rings. The van der Waals surface area contributed by atoms with Crippen molar-refractivity contribution in [2.75, 3.05) is 20.2 Å². The number of carbonyl (C=O) groups is 2. The number of aryl methyl sites for hydroxylation is 1. The van der Waals surface area contributed by atoms with E-state index in [1.165, 1.54) is 6.08 Å². The van der Waals surface area contributed by atoms with Gasteiger partial charge < -0.3 is 14.7 Å². The summed E-state index contributed by atoms with van der Waals surface area (Å²) in [7, 11) is 1.65. The van der Waals surface area contributed by atoms with Crippen molar-refractivity contribution in [2.24, 2.45) is 0 Å². The third-order valence-electron chi connectivity index (χ3n) is 3.68. The van der Waals surface area contributed by atoms with E-state index in [0.29, 0.717) is 24.2 Å². The summed E-state index contributed by atoms with van der Waals surface area (Å²) < 4.78 is 5.28. The van der Waals surface area contributed by atoms with E-state index in [2.05, 4.69) is 0 Å². The van der Waals surface area contributed by atoms with Crippen molar-refractivity contribution in [1.82, 2.24) is 4.90 Å². The van der Waals surface area contributed by atoms with Crippen LogP contribution in [0.3, 0.4) is 0 Å². The molecule has 5 nitrogen and oxygen atoms in total. The number of likely N-dealkylation sites (tertiary alicyclic amines) is 1. The number of carbonyl (C=O) groups excluding carboxylic acids is 1. The molecule has 1 N–H and O–H groups in total. The largest absolute Gasteiger partial charge is 0.478 e. The molecule has 21 heavy (non-hydrogen) atoms. The first-order chi connectivity index (χ1) is 10.0. The van der Waals surface area contributed by atoms with Crippen LogP contribution in [0.4, 0.5) is 0 Å². The van der Waals surface area contributed by atoms with Gasteiger partial charge in [0.2, 0.25) is 0 Å². The molecule has 1 saturated heterocycles. The summed E-state index contributed by atoms with van der Waals surface area (Å²) in [4.78, 5) is 24.9. The Morgan fingerprint density at radius 3 is 2.81 bits per heavy atom. The third kappa shape index (κ3) is 3.70. The van der Waals surface area contributed by atoms with E-state index >= 15 is 0 Å². The molecule has 112 valence electrons. The molecule has 0 radical (unpaired) electrons. The Kier molecular flexibility index (Phi) is 4.75. The van der Waals surface area contributed by atoms with E-state index in [-0.39, 0.29) is 12.0 Å². The standard InChI is InChI=1S/C16H19NO4/c1-11-3-4-12(5-6-15(18)19)9-14(11)16(20)17-8-7-13(10-17)21-2/h3-6,9,13H,7-8,10H2,1-2H3,(H,18,19)/b6-5+. The Balaban J connectivity index is 2.20. The molecule has 1 aromatic carbocycles. The van der Waals surface area contributed by atoms with Crippen LogP contribution in [0, 0.1) is 6.92 Å². The van der Waals surface area contributed by atoms with Crippen LogP contribution in [-0.4, -0.2) is 48.2 Å². The first-order valence-corrected chi connectivity index (χ1v) is 6.85. The summed E-state index contributed by atoms with van der Waals surface area (Å²) in [5.41, 5.74) is 2.20. The van der Waals surface area contributed by atoms with Gasteiger partial charge in [-0.3, -0.25) is 4.79 Å². The van der Waals surface area contributed by atoms with Gasteiger partial charge in [-0.1, -0.05) is 12.1 Å². The highest BCUT2D eigenvalue weighted by atomic mass is 16.5. The molecule has 5 heteroatoms. The molecule has 0 spiro atoms. The predicted molar refractivity (Wildman–Crippen MR) is 79.2 cm³/mol. The lowest BCUT2D eigenvalue weighted by molar-refractivity contribution is -0.131. The second-order valence-electron chi connectivity index (χ2n) is 5.14. The zero-order valence-electron chi connectivity index (χ0n) is 12.2. The second kappa shape index (κ2) is 6.54. The number of ether oxygens (including phenoxy) is 1. The summed E-state index contributed by atoms with van der Waals surface area (Å²) in [6, 6.07) is 5.36. The third-order valence-corrected chi connectivity index (χ3v) is 3.68. The topological polar surface area (TPSA) is 66.8 Å². The van der Waals surface area contributed by atoms with Crippen LogP contribution in [0.15, 0.2) is 24.3 Å². The Morgan fingerprint density at radius 2 is 2.19 bits per heavy atom. The summed E-state index contributed by atoms with van der Waals surface area (Å²) >= 11 is 0. The first kappa shape index (κ1) is 15.3. The van der Waals surface area contributed by atoms with Gasteiger partial charge in [0.05, 0.1) is 6.10 Å². The number of nitrogens with zero attached hydrogens (tertiary/aromatic N) is 1. The van der Waals surface area contributed by atoms with Gasteiger partial charge in [0, 0.05) is 31.8 Å². The molecule has 1 aromatic rings. The lowest BCUT2D eigenvalue weighted by atomic mass is 10.0. The van der Waals surface area contributed by atoms with E-state index in [9.17, 15) is 9.59 Å². The van der Waals surface area contributed by atoms with E-state index in [1.54, 1.807) is 24.1 Å². The summed E-state index contributed by atoms with van der Waals surface area (Å²) in [5.74, 6) is -1.04. The van der Waals surface area contributed by atoms with Gasteiger partial charge in [-0.2, -0.15) is 0 Å². The fourth-order valence-corrected chi connectivity index (χ4v) is 2.42. The van der Waals surface area contributed by atoms with Gasteiger partial charge in [-0.05, 0) is 36.6 Å². The highest BCUT2D eigenvalue weighted by molar-refractivity contribution is 5.96. The first-order valence-electron chi connectivity index (χ1n) is 6.85. The van der Waals surface area contributed by atoms with Gasteiger partial charge in [0.1, 0.15) is 0 Å². The maximum Gasteiger partial charge on any atom is 0.328 e. The number of hydrogen-bond donors (Lipinski definition) is 1. The van der Waals surface area contributed by atoms with Crippen molar-refractivity contribution in [2.45, 2.75) is 19.4 Å². The summed E-state index contributed by atoms with van der Waals surface area (Å²) in [6.07, 6.45) is 3.50. The van der Waals surface area contributed by atoms with Gasteiger partial charge in [0.15, 0.2) is 0 Å². The Morgan fingerprint density at radius 1 is 1.43 bits per heavy atom. The molecule has 1 atom stereocenters. The van der Waals surface area contributed by atoms with Crippen LogP contribution in [0.2, 0.25) is 0 Å². The quantitative estimate of drug-likeness (QED) is 0.860. The summed E-state index contributed by atoms with van der Waals surface area (Å²) in [5, 5.41) is 8.66. The van der Waals surface area contributed by atoms with Gasteiger partial charge in [0.25, 0.3) is 5.91 Å². The van der Waals surface area contributed by atoms with Crippen molar-refractivity contribution in [3.05, 3.63) is 41.0 Å². The predicted octanol–water partition coefficient (Wildman–Crippen LogP) is 1.95. The highest BCUT2D eigenvalue weighted by Gasteiger charge is 2.27. The number of methoxy groups -OCH3 is 1. The van der Waals surface area contributed by atoms with Crippen molar-refractivity contribution in [1.29, 1.82) is 0 Å². The number of benzene rings is 1. The highest BCUT2D eigenvalue weighted by Crippen LogP contribution is 2.19. The monoisotopic (exact) mass is 289 g/mol. The Labute approximate surface area is 123 Å². The van der Waals surface area contributed by atoms with Crippen molar-refractivity contribution < 1.29 is 19.4 Å². The molecule has 1 fully saturated rings. The molecule has 1 amide bonds. The molecule has 1 heterocycles. The molecule has 0 aliphatic carbocycles. The Bertz CT molecular complexity index is 580. The molecule has 2 rings (SSSR count). The fourth-order valence-electron chi connectivity index (χ4n) is 2.42. The van der Waals surface area contributed by atoms with E-state index < -0.39 is 5.97 Å². The maximum absolute atomic E-state index is 12.5. The zero-order chi connectivity index (χ0) is 15.4. The van der Waals surface area contributed by atoms with E-state index in [1.807, 2.05) is 13.0 Å². The van der Waals surface area contributed by atoms with Gasteiger partial charge in [-0.15, -0.1) is 0 Å². The van der Waals surface area contributed by atoms with Crippen molar-refractivity contribution in [3.63, 3.8) is 0 Å². The number of amides is 1. The average molecular weight is 289 g/mol. The average Bonchev–Trinajstić information content (AvgIpc) is 2.94. The molecule has 0 saturated carbocycles. The molecular weight excluding hydrogens is 270 g/mol. The van der Waals surface area contributed by atoms with E-state index in [0.717, 1.165) is 18.1 Å². The minimum Gasteiger partial charge on any atom is -0.478 e. The van der Waals surface area contributed by atoms with E-state index in [4.69, 9.17) is 9.84 Å². The minimum atomic E-state index is -1.01. The van der Waals surface area contributed by atoms with Crippen LogP contribution in [0.5, 0.6) is 0 Å². The Hall–Kier alpha value is -2.14. The SMILES string of the molecule is COC1CCN(C(=O)c2cc(/C=C/C(=O)O)ccc2C)C1. The molecule has 0 bridgehead atoms. The van der Waals surface area contributed by atoms with Crippen LogP contribution >= 0.6 is 0 Å². The molecule has 1 aliphatic heterocycles. The van der Waals surface area contributed by atoms with Crippen molar-refractivity contribution in [3.8, 4) is 0 Å². The van der Waals surface area contributed by atoms with Crippen LogP contribution in [0.1, 0.15) is 27.9 Å². The zero-order valence-corrected chi connectivity index (χ0v) is 12.2. The number of rotatable bonds is 4. The number of hydrogen-bond acceptors (Lipinski definition) is 3. The lowest BCUT2D eigenvalue weighted by Crippen LogP contribution is -2.30. The van der Waals surface area contributed by atoms with Crippen LogP contribution in [-0.2, 0) is 9.53 Å². The normalized spacial score (nSPS) is 18.4. The van der Waals surface area contributed by atoms with Crippen LogP contribution in [0.25, 0.3) is 6.08 Å². The smallest absolute Gasteiger partial charge is 0.328 e. The number of aliphatic carboxylic acids is 1. The van der Waals surface area contributed by atoms with Gasteiger partial charge in [-0.25, -0.2) is 4.79 Å². The van der Waals surface area contributed by atoms with Crippen LogP contribution < -0.4 is 0 Å². The second-order valence-corrected chi connectivity index (χ2v) is 5.14. The fraction of sp³-hybridized carbons (Fsp3) is 0.375. The minimum absolute atomic E-state index is 0.0300. The van der Waals surface area contributed by atoms with Gasteiger partial charge >= 0.3 is 5.97 Å². The maximum atomic E-state index is 12.5. The number of carboxylic acid groups (broad SMARTS) is 1. The van der Waals surface area contributed by atoms with Crippen molar-refractivity contribution >= 4 is 18.0 Å².